The summed E-state index contributed by atoms with van der Waals surface area (Å²) in [4.78, 5) is 11.2. The van der Waals surface area contributed by atoms with Crippen molar-refractivity contribution in [1.82, 2.24) is 0 Å². The van der Waals surface area contributed by atoms with Gasteiger partial charge in [-0.1, -0.05) is 25.0 Å². The molecular weight excluding hydrogens is 252 g/mol. The van der Waals surface area contributed by atoms with E-state index in [9.17, 15) is 9.90 Å². The van der Waals surface area contributed by atoms with Gasteiger partial charge in [-0.15, -0.1) is 0 Å². The summed E-state index contributed by atoms with van der Waals surface area (Å²) < 4.78 is 5.52. The fraction of sp³-hybridized carbons (Fsp3) is 0.588. The van der Waals surface area contributed by atoms with Gasteiger partial charge < -0.3 is 9.84 Å². The van der Waals surface area contributed by atoms with E-state index in [0.29, 0.717) is 6.42 Å². The second kappa shape index (κ2) is 5.12. The molecule has 1 atom stereocenters. The van der Waals surface area contributed by atoms with Crippen molar-refractivity contribution in [1.29, 1.82) is 0 Å². The highest BCUT2D eigenvalue weighted by Crippen LogP contribution is 2.54. The first-order valence-corrected chi connectivity index (χ1v) is 7.55. The van der Waals surface area contributed by atoms with Crippen molar-refractivity contribution in [2.45, 2.75) is 50.4 Å². The number of benzene rings is 1. The first-order valence-electron chi connectivity index (χ1n) is 7.55. The molecule has 1 spiro atoms. The number of carbonyl (C=O) groups is 1. The monoisotopic (exact) mass is 274 g/mol. The van der Waals surface area contributed by atoms with E-state index in [4.69, 9.17) is 4.74 Å². The number of carboxylic acid groups (broad SMARTS) is 1. The molecule has 0 saturated heterocycles. The molecule has 3 rings (SSSR count). The average Bonchev–Trinajstić information content (AvgIpc) is 2.92. The lowest BCUT2D eigenvalue weighted by Crippen LogP contribution is -2.38. The number of hydrogen-bond acceptors (Lipinski definition) is 2. The SMILES string of the molecule is COc1cccc2c1CCC(CC(=O)O)C21CCCC1. The van der Waals surface area contributed by atoms with Crippen LogP contribution < -0.4 is 4.74 Å². The van der Waals surface area contributed by atoms with Crippen LogP contribution in [-0.4, -0.2) is 18.2 Å². The van der Waals surface area contributed by atoms with Crippen LogP contribution in [0, 0.1) is 5.92 Å². The maximum absolute atomic E-state index is 11.2. The Morgan fingerprint density at radius 1 is 1.40 bits per heavy atom. The molecule has 3 heteroatoms. The van der Waals surface area contributed by atoms with Gasteiger partial charge in [-0.25, -0.2) is 0 Å². The number of aliphatic carboxylic acids is 1. The van der Waals surface area contributed by atoms with Gasteiger partial charge in [0.2, 0.25) is 0 Å². The first-order chi connectivity index (χ1) is 9.67. The molecule has 2 aliphatic rings. The molecule has 0 heterocycles. The van der Waals surface area contributed by atoms with Crippen molar-refractivity contribution in [3.05, 3.63) is 29.3 Å². The summed E-state index contributed by atoms with van der Waals surface area (Å²) >= 11 is 0. The van der Waals surface area contributed by atoms with Gasteiger partial charge in [-0.2, -0.15) is 0 Å². The molecule has 3 nitrogen and oxygen atoms in total. The summed E-state index contributed by atoms with van der Waals surface area (Å²) in [6.45, 7) is 0. The third-order valence-electron chi connectivity index (χ3n) is 5.33. The lowest BCUT2D eigenvalue weighted by atomic mass is 9.61. The Morgan fingerprint density at radius 2 is 2.15 bits per heavy atom. The minimum absolute atomic E-state index is 0.0838. The Labute approximate surface area is 120 Å². The molecule has 2 aliphatic carbocycles. The van der Waals surface area contributed by atoms with E-state index in [1.807, 2.05) is 6.07 Å². The number of rotatable bonds is 3. The normalized spacial score (nSPS) is 23.6. The first kappa shape index (κ1) is 13.5. The summed E-state index contributed by atoms with van der Waals surface area (Å²) in [6.07, 6.45) is 6.91. The van der Waals surface area contributed by atoms with Gasteiger partial charge in [0.05, 0.1) is 7.11 Å². The average molecular weight is 274 g/mol. The predicted molar refractivity (Wildman–Crippen MR) is 77.2 cm³/mol. The highest BCUT2D eigenvalue weighted by molar-refractivity contribution is 5.67. The summed E-state index contributed by atoms with van der Waals surface area (Å²) in [7, 11) is 1.72. The van der Waals surface area contributed by atoms with E-state index in [2.05, 4.69) is 12.1 Å². The molecule has 0 aliphatic heterocycles. The Bertz CT molecular complexity index is 515. The summed E-state index contributed by atoms with van der Waals surface area (Å²) in [5.41, 5.74) is 2.77. The van der Waals surface area contributed by atoms with Gasteiger partial charge in [0.15, 0.2) is 0 Å². The van der Waals surface area contributed by atoms with E-state index < -0.39 is 5.97 Å². The summed E-state index contributed by atoms with van der Waals surface area (Å²) in [6, 6.07) is 6.29. The molecule has 0 bridgehead atoms. The van der Waals surface area contributed by atoms with Crippen molar-refractivity contribution in [3.8, 4) is 5.75 Å². The van der Waals surface area contributed by atoms with E-state index in [1.165, 1.54) is 24.0 Å². The number of carboxylic acids is 1. The van der Waals surface area contributed by atoms with Gasteiger partial charge in [0, 0.05) is 6.42 Å². The molecule has 0 radical (unpaired) electrons. The van der Waals surface area contributed by atoms with Crippen LogP contribution in [0.15, 0.2) is 18.2 Å². The maximum Gasteiger partial charge on any atom is 0.303 e. The van der Waals surface area contributed by atoms with Crippen LogP contribution in [0.4, 0.5) is 0 Å². The van der Waals surface area contributed by atoms with Crippen LogP contribution in [0.25, 0.3) is 0 Å². The largest absolute Gasteiger partial charge is 0.496 e. The van der Waals surface area contributed by atoms with Crippen LogP contribution in [0.2, 0.25) is 0 Å². The third-order valence-corrected chi connectivity index (χ3v) is 5.33. The van der Waals surface area contributed by atoms with Gasteiger partial charge in [-0.3, -0.25) is 4.79 Å². The molecular formula is C17H22O3. The van der Waals surface area contributed by atoms with Crippen molar-refractivity contribution >= 4 is 5.97 Å². The van der Waals surface area contributed by atoms with Gasteiger partial charge in [0.1, 0.15) is 5.75 Å². The van der Waals surface area contributed by atoms with Gasteiger partial charge >= 0.3 is 5.97 Å². The molecule has 1 N–H and O–H groups in total. The minimum atomic E-state index is -0.660. The van der Waals surface area contributed by atoms with Crippen LogP contribution in [0.5, 0.6) is 5.75 Å². The second-order valence-corrected chi connectivity index (χ2v) is 6.18. The van der Waals surface area contributed by atoms with Gasteiger partial charge in [-0.05, 0) is 54.2 Å². The lowest BCUT2D eigenvalue weighted by Gasteiger charge is -2.43. The highest BCUT2D eigenvalue weighted by Gasteiger charge is 2.47. The standard InChI is InChI=1S/C17H22O3/c1-20-15-6-4-5-14-13(15)8-7-12(11-16(18)19)17(14)9-2-3-10-17/h4-6,12H,2-3,7-11H2,1H3,(H,18,19). The molecule has 1 unspecified atom stereocenters. The topological polar surface area (TPSA) is 46.5 Å². The zero-order chi connectivity index (χ0) is 14.2. The predicted octanol–water partition coefficient (Wildman–Crippen LogP) is 3.54. The van der Waals surface area contributed by atoms with Crippen LogP contribution in [-0.2, 0) is 16.6 Å². The zero-order valence-electron chi connectivity index (χ0n) is 12.0. The van der Waals surface area contributed by atoms with Crippen LogP contribution >= 0.6 is 0 Å². The summed E-state index contributed by atoms with van der Waals surface area (Å²) in [5, 5.41) is 9.23. The van der Waals surface area contributed by atoms with Crippen molar-refractivity contribution < 1.29 is 14.6 Å². The van der Waals surface area contributed by atoms with Crippen LogP contribution in [0.3, 0.4) is 0 Å². The molecule has 1 saturated carbocycles. The zero-order valence-corrected chi connectivity index (χ0v) is 12.0. The third kappa shape index (κ3) is 2.00. The van der Waals surface area contributed by atoms with Crippen molar-refractivity contribution in [2.75, 3.05) is 7.11 Å². The second-order valence-electron chi connectivity index (χ2n) is 6.18. The fourth-order valence-corrected chi connectivity index (χ4v) is 4.49. The van der Waals surface area contributed by atoms with Crippen molar-refractivity contribution in [2.24, 2.45) is 5.92 Å². The smallest absolute Gasteiger partial charge is 0.303 e. The molecule has 0 aromatic heterocycles. The number of ether oxygens (including phenoxy) is 1. The molecule has 20 heavy (non-hydrogen) atoms. The molecule has 0 amide bonds. The van der Waals surface area contributed by atoms with E-state index in [1.54, 1.807) is 7.11 Å². The van der Waals surface area contributed by atoms with E-state index in [-0.39, 0.29) is 11.3 Å². The Balaban J connectivity index is 2.07. The van der Waals surface area contributed by atoms with Crippen molar-refractivity contribution in [3.63, 3.8) is 0 Å². The Kier molecular flexibility index (Phi) is 3.45. The molecule has 1 fully saturated rings. The number of hydrogen-bond donors (Lipinski definition) is 1. The molecule has 1 aromatic rings. The van der Waals surface area contributed by atoms with E-state index >= 15 is 0 Å². The quantitative estimate of drug-likeness (QED) is 0.917. The summed E-state index contributed by atoms with van der Waals surface area (Å²) in [5.74, 6) is 0.595. The molecule has 108 valence electrons. The minimum Gasteiger partial charge on any atom is -0.496 e. The number of methoxy groups -OCH3 is 1. The van der Waals surface area contributed by atoms with E-state index in [0.717, 1.165) is 31.4 Å². The number of fused-ring (bicyclic) bond motifs is 2. The maximum atomic E-state index is 11.2. The molecule has 1 aromatic carbocycles. The van der Waals surface area contributed by atoms with Crippen LogP contribution in [0.1, 0.15) is 49.7 Å². The Hall–Kier alpha value is -1.51. The Morgan fingerprint density at radius 3 is 2.80 bits per heavy atom. The highest BCUT2D eigenvalue weighted by atomic mass is 16.5. The lowest BCUT2D eigenvalue weighted by molar-refractivity contribution is -0.138. The fourth-order valence-electron chi connectivity index (χ4n) is 4.49. The van der Waals surface area contributed by atoms with Gasteiger partial charge in [0.25, 0.3) is 0 Å².